The van der Waals surface area contributed by atoms with Gasteiger partial charge in [0.1, 0.15) is 0 Å². The lowest BCUT2D eigenvalue weighted by Crippen LogP contribution is -2.48. The summed E-state index contributed by atoms with van der Waals surface area (Å²) in [5.41, 5.74) is 3.68. The molecule has 30 heavy (non-hydrogen) atoms. The highest BCUT2D eigenvalue weighted by Crippen LogP contribution is 2.20. The van der Waals surface area contributed by atoms with E-state index in [1.165, 1.54) is 11.1 Å². The highest BCUT2D eigenvalue weighted by Gasteiger charge is 2.20. The van der Waals surface area contributed by atoms with Crippen LogP contribution in [0, 0.1) is 6.92 Å². The molecule has 0 saturated carbocycles. The van der Waals surface area contributed by atoms with Crippen LogP contribution in [-0.4, -0.2) is 42.0 Å². The number of rotatable bonds is 6. The van der Waals surface area contributed by atoms with E-state index in [1.807, 2.05) is 0 Å². The Balaban J connectivity index is 1.23. The number of piperidine rings is 1. The summed E-state index contributed by atoms with van der Waals surface area (Å²) >= 11 is 1.77. The van der Waals surface area contributed by atoms with Crippen LogP contribution < -0.4 is 10.6 Å². The van der Waals surface area contributed by atoms with Gasteiger partial charge in [-0.25, -0.2) is 4.98 Å². The Kier molecular flexibility index (Phi) is 6.81. The van der Waals surface area contributed by atoms with Crippen molar-refractivity contribution in [1.82, 2.24) is 20.5 Å². The normalized spacial score (nSPS) is 16.0. The van der Waals surface area contributed by atoms with Crippen molar-refractivity contribution >= 4 is 17.3 Å². The number of likely N-dealkylation sites (tertiary alicyclic amines) is 1. The summed E-state index contributed by atoms with van der Waals surface area (Å²) in [6.45, 7) is 5.83. The zero-order valence-electron chi connectivity index (χ0n) is 17.6. The standard InChI is InChI=1S/C23H29N5OS/c1-17-3-5-19(6-4-17)21-13-25-22(29-21)14-26-23(24-2)27-20-7-10-28(11-8-20)15-18-9-12-30-16-18/h3-6,9,12-13,16,20H,7-8,10-11,14-15H2,1-2H3,(H2,24,26,27). The molecule has 1 aliphatic heterocycles. The van der Waals surface area contributed by atoms with Gasteiger partial charge in [0, 0.05) is 38.3 Å². The Labute approximate surface area is 182 Å². The van der Waals surface area contributed by atoms with Crippen molar-refractivity contribution in [2.75, 3.05) is 20.1 Å². The molecule has 6 nitrogen and oxygen atoms in total. The lowest BCUT2D eigenvalue weighted by Gasteiger charge is -2.32. The zero-order valence-corrected chi connectivity index (χ0v) is 18.4. The molecule has 0 radical (unpaired) electrons. The summed E-state index contributed by atoms with van der Waals surface area (Å²) in [7, 11) is 1.80. The molecule has 0 aliphatic carbocycles. The quantitative estimate of drug-likeness (QED) is 0.463. The van der Waals surface area contributed by atoms with Crippen molar-refractivity contribution in [2.45, 2.75) is 38.9 Å². The minimum atomic E-state index is 0.433. The summed E-state index contributed by atoms with van der Waals surface area (Å²) in [6, 6.07) is 10.9. The van der Waals surface area contributed by atoms with Crippen LogP contribution in [0.1, 0.15) is 29.9 Å². The largest absolute Gasteiger partial charge is 0.439 e. The maximum atomic E-state index is 5.90. The third-order valence-electron chi connectivity index (χ3n) is 5.44. The summed E-state index contributed by atoms with van der Waals surface area (Å²) in [6.07, 6.45) is 4.00. The molecule has 1 aromatic carbocycles. The van der Waals surface area contributed by atoms with Crippen LogP contribution in [0.15, 0.2) is 56.7 Å². The number of hydrogen-bond donors (Lipinski definition) is 2. The fourth-order valence-electron chi connectivity index (χ4n) is 3.67. The zero-order chi connectivity index (χ0) is 20.8. The number of nitrogens with one attached hydrogen (secondary N) is 2. The molecular formula is C23H29N5OS. The predicted molar refractivity (Wildman–Crippen MR) is 123 cm³/mol. The average molecular weight is 424 g/mol. The number of hydrogen-bond acceptors (Lipinski definition) is 5. The minimum absolute atomic E-state index is 0.433. The molecule has 0 bridgehead atoms. The molecule has 1 saturated heterocycles. The summed E-state index contributed by atoms with van der Waals surface area (Å²) < 4.78 is 5.90. The monoisotopic (exact) mass is 423 g/mol. The first-order valence-corrected chi connectivity index (χ1v) is 11.4. The van der Waals surface area contributed by atoms with Crippen molar-refractivity contribution in [3.63, 3.8) is 0 Å². The van der Waals surface area contributed by atoms with E-state index in [9.17, 15) is 0 Å². The fraction of sp³-hybridized carbons (Fsp3) is 0.391. The maximum absolute atomic E-state index is 5.90. The molecule has 7 heteroatoms. The van der Waals surface area contributed by atoms with E-state index in [1.54, 1.807) is 24.6 Å². The number of aliphatic imine (C=N–C) groups is 1. The van der Waals surface area contributed by atoms with Crippen molar-refractivity contribution in [1.29, 1.82) is 0 Å². The second-order valence-corrected chi connectivity index (χ2v) is 8.52. The summed E-state index contributed by atoms with van der Waals surface area (Å²) in [5.74, 6) is 2.23. The third-order valence-corrected chi connectivity index (χ3v) is 6.17. The van der Waals surface area contributed by atoms with E-state index in [0.29, 0.717) is 18.5 Å². The average Bonchev–Trinajstić information content (AvgIpc) is 3.45. The first-order chi connectivity index (χ1) is 14.7. The van der Waals surface area contributed by atoms with Crippen LogP contribution in [0.2, 0.25) is 0 Å². The van der Waals surface area contributed by atoms with E-state index < -0.39 is 0 Å². The molecule has 3 aromatic rings. The van der Waals surface area contributed by atoms with Crippen LogP contribution in [-0.2, 0) is 13.1 Å². The number of aryl methyl sites for hydroxylation is 1. The van der Waals surface area contributed by atoms with Gasteiger partial charge in [-0.15, -0.1) is 0 Å². The molecule has 2 N–H and O–H groups in total. The van der Waals surface area contributed by atoms with Crippen LogP contribution in [0.25, 0.3) is 11.3 Å². The van der Waals surface area contributed by atoms with Gasteiger partial charge in [-0.05, 0) is 42.2 Å². The van der Waals surface area contributed by atoms with Gasteiger partial charge in [-0.3, -0.25) is 9.89 Å². The third kappa shape index (κ3) is 5.49. The topological polar surface area (TPSA) is 65.7 Å². The molecule has 2 aromatic heterocycles. The molecule has 0 spiro atoms. The Bertz CT molecular complexity index is 940. The van der Waals surface area contributed by atoms with E-state index in [2.05, 4.69) is 73.5 Å². The molecular weight excluding hydrogens is 394 g/mol. The molecule has 3 heterocycles. The van der Waals surface area contributed by atoms with Gasteiger partial charge in [0.25, 0.3) is 0 Å². The minimum Gasteiger partial charge on any atom is -0.439 e. The Hall–Kier alpha value is -2.64. The molecule has 1 aliphatic rings. The maximum Gasteiger partial charge on any atom is 0.214 e. The van der Waals surface area contributed by atoms with E-state index >= 15 is 0 Å². The Morgan fingerprint density at radius 2 is 2.03 bits per heavy atom. The number of thiophene rings is 1. The van der Waals surface area contributed by atoms with Crippen molar-refractivity contribution < 1.29 is 4.42 Å². The summed E-state index contributed by atoms with van der Waals surface area (Å²) in [4.78, 5) is 11.3. The SMILES string of the molecule is CN=C(NCc1ncc(-c2ccc(C)cc2)o1)NC1CCN(Cc2ccsc2)CC1. The number of guanidine groups is 1. The molecule has 0 amide bonds. The first kappa shape index (κ1) is 20.6. The highest BCUT2D eigenvalue weighted by atomic mass is 32.1. The molecule has 0 unspecified atom stereocenters. The van der Waals surface area contributed by atoms with Gasteiger partial charge in [-0.1, -0.05) is 29.8 Å². The Morgan fingerprint density at radius 3 is 2.73 bits per heavy atom. The van der Waals surface area contributed by atoms with Crippen molar-refractivity contribution in [3.8, 4) is 11.3 Å². The number of oxazole rings is 1. The van der Waals surface area contributed by atoms with Gasteiger partial charge in [0.2, 0.25) is 5.89 Å². The molecule has 4 rings (SSSR count). The van der Waals surface area contributed by atoms with Gasteiger partial charge >= 0.3 is 0 Å². The lowest BCUT2D eigenvalue weighted by atomic mass is 10.0. The van der Waals surface area contributed by atoms with Crippen LogP contribution in [0.3, 0.4) is 0 Å². The van der Waals surface area contributed by atoms with Crippen LogP contribution in [0.4, 0.5) is 0 Å². The highest BCUT2D eigenvalue weighted by molar-refractivity contribution is 7.07. The second kappa shape index (κ2) is 9.91. The Morgan fingerprint density at radius 1 is 1.23 bits per heavy atom. The van der Waals surface area contributed by atoms with Gasteiger partial charge < -0.3 is 15.1 Å². The number of benzene rings is 1. The molecule has 0 atom stereocenters. The molecule has 1 fully saturated rings. The van der Waals surface area contributed by atoms with E-state index in [-0.39, 0.29) is 0 Å². The smallest absolute Gasteiger partial charge is 0.214 e. The lowest BCUT2D eigenvalue weighted by molar-refractivity contribution is 0.198. The molecule has 158 valence electrons. The van der Waals surface area contributed by atoms with Crippen LogP contribution >= 0.6 is 11.3 Å². The summed E-state index contributed by atoms with van der Waals surface area (Å²) in [5, 5.41) is 11.3. The van der Waals surface area contributed by atoms with E-state index in [0.717, 1.165) is 49.8 Å². The number of aromatic nitrogens is 1. The van der Waals surface area contributed by atoms with Crippen molar-refractivity contribution in [3.05, 3.63) is 64.3 Å². The van der Waals surface area contributed by atoms with Gasteiger partial charge in [0.15, 0.2) is 11.7 Å². The van der Waals surface area contributed by atoms with Gasteiger partial charge in [-0.2, -0.15) is 11.3 Å². The fourth-order valence-corrected chi connectivity index (χ4v) is 4.33. The van der Waals surface area contributed by atoms with Crippen LogP contribution in [0.5, 0.6) is 0 Å². The number of nitrogens with zero attached hydrogens (tertiary/aromatic N) is 3. The predicted octanol–water partition coefficient (Wildman–Crippen LogP) is 4.04. The second-order valence-electron chi connectivity index (χ2n) is 7.74. The van der Waals surface area contributed by atoms with E-state index in [4.69, 9.17) is 4.42 Å². The van der Waals surface area contributed by atoms with Crippen molar-refractivity contribution in [2.24, 2.45) is 4.99 Å². The van der Waals surface area contributed by atoms with Gasteiger partial charge in [0.05, 0.1) is 12.7 Å². The first-order valence-electron chi connectivity index (χ1n) is 10.4.